The number of hydrogen-bond donors (Lipinski definition) is 1. The van der Waals surface area contributed by atoms with Crippen molar-refractivity contribution in [3.05, 3.63) is 27.3 Å². The highest BCUT2D eigenvalue weighted by atomic mass is 127. The number of aromatic hydroxyl groups is 1. The molecule has 0 spiro atoms. The summed E-state index contributed by atoms with van der Waals surface area (Å²) in [4.78, 5) is 13.3. The lowest BCUT2D eigenvalue weighted by atomic mass is 10.2. The molecule has 0 saturated carbocycles. The lowest BCUT2D eigenvalue weighted by Crippen LogP contribution is -2.28. The van der Waals surface area contributed by atoms with Crippen molar-refractivity contribution in [2.45, 2.75) is 0 Å². The van der Waals surface area contributed by atoms with Crippen LogP contribution < -0.4 is 0 Å². The predicted molar refractivity (Wildman–Crippen MR) is 68.5 cm³/mol. The van der Waals surface area contributed by atoms with Gasteiger partial charge in [-0.3, -0.25) is 4.79 Å². The molecule has 0 aliphatic heterocycles. The van der Waals surface area contributed by atoms with Gasteiger partial charge in [-0.15, -0.1) is 11.6 Å². The molecule has 0 aliphatic carbocycles. The highest BCUT2D eigenvalue weighted by Crippen LogP contribution is 2.20. The second kappa shape index (κ2) is 5.55. The molecule has 1 aromatic carbocycles. The van der Waals surface area contributed by atoms with Crippen LogP contribution in [0.25, 0.3) is 0 Å². The Morgan fingerprint density at radius 2 is 2.27 bits per heavy atom. The van der Waals surface area contributed by atoms with Crippen LogP contribution in [0.5, 0.6) is 5.75 Å². The average molecular weight is 340 g/mol. The van der Waals surface area contributed by atoms with E-state index in [4.69, 9.17) is 11.6 Å². The summed E-state index contributed by atoms with van der Waals surface area (Å²) < 4.78 is 0.910. The van der Waals surface area contributed by atoms with E-state index in [0.29, 0.717) is 18.0 Å². The Kier molecular flexibility index (Phi) is 4.66. The molecule has 1 aromatic rings. The lowest BCUT2D eigenvalue weighted by Gasteiger charge is -2.16. The number of carbonyl (C=O) groups is 1. The number of rotatable bonds is 3. The minimum absolute atomic E-state index is 0.00170. The van der Waals surface area contributed by atoms with Crippen molar-refractivity contribution < 1.29 is 9.90 Å². The van der Waals surface area contributed by atoms with Crippen molar-refractivity contribution in [2.24, 2.45) is 0 Å². The maximum Gasteiger partial charge on any atom is 0.257 e. The predicted octanol–water partition coefficient (Wildman–Crippen LogP) is 2.31. The number of benzene rings is 1. The Morgan fingerprint density at radius 3 is 2.87 bits per heavy atom. The molecule has 0 aliphatic rings. The van der Waals surface area contributed by atoms with Gasteiger partial charge in [-0.05, 0) is 40.8 Å². The van der Waals surface area contributed by atoms with Gasteiger partial charge in [0.2, 0.25) is 0 Å². The van der Waals surface area contributed by atoms with E-state index < -0.39 is 0 Å². The summed E-state index contributed by atoms with van der Waals surface area (Å²) in [6.45, 7) is 0.464. The number of amides is 1. The van der Waals surface area contributed by atoms with Crippen LogP contribution in [-0.2, 0) is 0 Å². The van der Waals surface area contributed by atoms with Crippen molar-refractivity contribution in [1.29, 1.82) is 0 Å². The number of hydrogen-bond acceptors (Lipinski definition) is 2. The van der Waals surface area contributed by atoms with E-state index in [9.17, 15) is 9.90 Å². The van der Waals surface area contributed by atoms with Crippen molar-refractivity contribution >= 4 is 40.1 Å². The molecule has 5 heteroatoms. The molecule has 0 aromatic heterocycles. The summed E-state index contributed by atoms with van der Waals surface area (Å²) in [7, 11) is 1.66. The first kappa shape index (κ1) is 12.6. The molecule has 3 nitrogen and oxygen atoms in total. The fourth-order valence-electron chi connectivity index (χ4n) is 1.11. The number of carbonyl (C=O) groups excluding carboxylic acids is 1. The summed E-state index contributed by atoms with van der Waals surface area (Å²) in [5, 5.41) is 9.54. The Bertz CT molecular complexity index is 370. The minimum Gasteiger partial charge on any atom is -0.507 e. The fraction of sp³-hybridized carbons (Fsp3) is 0.300. The highest BCUT2D eigenvalue weighted by Gasteiger charge is 2.15. The van der Waals surface area contributed by atoms with E-state index in [2.05, 4.69) is 22.6 Å². The monoisotopic (exact) mass is 339 g/mol. The number of phenolic OH excluding ortho intramolecular Hbond substituents is 1. The van der Waals surface area contributed by atoms with Gasteiger partial charge < -0.3 is 10.0 Å². The molecule has 82 valence electrons. The Hall–Kier alpha value is -0.490. The quantitative estimate of drug-likeness (QED) is 0.678. The number of alkyl halides is 1. The minimum atomic E-state index is -0.216. The molecular weight excluding hydrogens is 328 g/mol. The molecule has 0 unspecified atom stereocenters. The summed E-state index contributed by atoms with van der Waals surface area (Å²) in [5.41, 5.74) is 0.314. The van der Waals surface area contributed by atoms with E-state index in [1.807, 2.05) is 0 Å². The van der Waals surface area contributed by atoms with Gasteiger partial charge in [0, 0.05) is 23.0 Å². The van der Waals surface area contributed by atoms with Gasteiger partial charge in [-0.1, -0.05) is 0 Å². The normalized spacial score (nSPS) is 10.1. The van der Waals surface area contributed by atoms with E-state index in [1.165, 1.54) is 11.0 Å². The molecule has 0 atom stereocenters. The molecule has 0 bridgehead atoms. The van der Waals surface area contributed by atoms with E-state index in [-0.39, 0.29) is 11.7 Å². The molecule has 1 N–H and O–H groups in total. The zero-order chi connectivity index (χ0) is 11.4. The Morgan fingerprint density at radius 1 is 1.60 bits per heavy atom. The Labute approximate surface area is 107 Å². The zero-order valence-electron chi connectivity index (χ0n) is 8.20. The topological polar surface area (TPSA) is 40.5 Å². The van der Waals surface area contributed by atoms with E-state index in [0.717, 1.165) is 3.57 Å². The van der Waals surface area contributed by atoms with Crippen molar-refractivity contribution in [3.63, 3.8) is 0 Å². The third-order valence-corrected chi connectivity index (χ3v) is 2.80. The maximum absolute atomic E-state index is 11.8. The number of halogens is 2. The van der Waals surface area contributed by atoms with Crippen molar-refractivity contribution in [3.8, 4) is 5.75 Å². The third kappa shape index (κ3) is 3.24. The van der Waals surface area contributed by atoms with Crippen LogP contribution in [0.3, 0.4) is 0 Å². The fourth-order valence-corrected chi connectivity index (χ4v) is 1.86. The summed E-state index contributed by atoms with van der Waals surface area (Å²) in [6.07, 6.45) is 0. The van der Waals surface area contributed by atoms with Crippen LogP contribution in [0.4, 0.5) is 0 Å². The van der Waals surface area contributed by atoms with Gasteiger partial charge in [0.15, 0.2) is 0 Å². The van der Waals surface area contributed by atoms with Crippen LogP contribution in [0.2, 0.25) is 0 Å². The first-order valence-electron chi connectivity index (χ1n) is 4.36. The smallest absolute Gasteiger partial charge is 0.257 e. The highest BCUT2D eigenvalue weighted by molar-refractivity contribution is 14.1. The van der Waals surface area contributed by atoms with Gasteiger partial charge in [0.1, 0.15) is 5.75 Å². The van der Waals surface area contributed by atoms with Crippen LogP contribution in [0.15, 0.2) is 18.2 Å². The lowest BCUT2D eigenvalue weighted by molar-refractivity contribution is 0.0800. The second-order valence-electron chi connectivity index (χ2n) is 3.08. The first-order valence-corrected chi connectivity index (χ1v) is 5.97. The molecule has 1 amide bonds. The number of nitrogens with zero attached hydrogens (tertiary/aromatic N) is 1. The van der Waals surface area contributed by atoms with Gasteiger partial charge >= 0.3 is 0 Å². The molecule has 0 saturated heterocycles. The standard InChI is InChI=1S/C10H11ClINO2/c1-13(5-4-11)10(15)8-6-7(12)2-3-9(8)14/h2-3,6,14H,4-5H2,1H3. The molecule has 0 fully saturated rings. The van der Waals surface area contributed by atoms with Crippen LogP contribution in [-0.4, -0.2) is 35.4 Å². The zero-order valence-corrected chi connectivity index (χ0v) is 11.1. The van der Waals surface area contributed by atoms with Gasteiger partial charge in [0.05, 0.1) is 5.56 Å². The molecule has 1 rings (SSSR count). The SMILES string of the molecule is CN(CCCl)C(=O)c1cc(I)ccc1O. The van der Waals surface area contributed by atoms with Crippen molar-refractivity contribution in [1.82, 2.24) is 4.90 Å². The van der Waals surface area contributed by atoms with Crippen LogP contribution in [0.1, 0.15) is 10.4 Å². The largest absolute Gasteiger partial charge is 0.507 e. The van der Waals surface area contributed by atoms with Gasteiger partial charge in [0.25, 0.3) is 5.91 Å². The summed E-state index contributed by atoms with van der Waals surface area (Å²) >= 11 is 7.63. The molecule has 0 heterocycles. The molecular formula is C10H11ClINO2. The van der Waals surface area contributed by atoms with Gasteiger partial charge in [-0.25, -0.2) is 0 Å². The molecule has 15 heavy (non-hydrogen) atoms. The number of phenols is 1. The van der Waals surface area contributed by atoms with E-state index >= 15 is 0 Å². The maximum atomic E-state index is 11.8. The van der Waals surface area contributed by atoms with E-state index in [1.54, 1.807) is 19.2 Å². The van der Waals surface area contributed by atoms with Gasteiger partial charge in [-0.2, -0.15) is 0 Å². The first-order chi connectivity index (χ1) is 7.06. The van der Waals surface area contributed by atoms with Crippen molar-refractivity contribution in [2.75, 3.05) is 19.5 Å². The third-order valence-electron chi connectivity index (χ3n) is 1.96. The average Bonchev–Trinajstić information content (AvgIpc) is 2.21. The molecule has 0 radical (unpaired) electrons. The summed E-state index contributed by atoms with van der Waals surface area (Å²) in [5.74, 6) is 0.168. The van der Waals surface area contributed by atoms with Crippen LogP contribution >= 0.6 is 34.2 Å². The summed E-state index contributed by atoms with van der Waals surface area (Å²) in [6, 6.07) is 4.92. The second-order valence-corrected chi connectivity index (χ2v) is 4.70. The Balaban J connectivity index is 2.95. The van der Waals surface area contributed by atoms with Crippen LogP contribution in [0, 0.1) is 3.57 Å².